The van der Waals surface area contributed by atoms with E-state index in [1.807, 2.05) is 0 Å². The summed E-state index contributed by atoms with van der Waals surface area (Å²) in [5.74, 6) is 0.0470. The van der Waals surface area contributed by atoms with Crippen molar-refractivity contribution >= 4 is 11.5 Å². The molecule has 94 valence electrons. The first kappa shape index (κ1) is 12.2. The molecule has 4 N–H and O–H groups in total. The molecule has 0 unspecified atom stereocenters. The fourth-order valence-corrected chi connectivity index (χ4v) is 1.41. The van der Waals surface area contributed by atoms with Crippen LogP contribution < -0.4 is 11.5 Å². The molecule has 2 rings (SSSR count). The number of nitrogen functional groups attached to an aromatic ring is 2. The van der Waals surface area contributed by atoms with Crippen molar-refractivity contribution in [3.8, 4) is 11.3 Å². The number of hydrogen-bond acceptors (Lipinski definition) is 4. The Hall–Kier alpha value is -2.31. The zero-order chi connectivity index (χ0) is 13.3. The van der Waals surface area contributed by atoms with Crippen molar-refractivity contribution in [3.63, 3.8) is 0 Å². The quantitative estimate of drug-likeness (QED) is 0.818. The van der Waals surface area contributed by atoms with Crippen LogP contribution in [-0.4, -0.2) is 10.2 Å². The summed E-state index contributed by atoms with van der Waals surface area (Å²) < 4.78 is 37.6. The van der Waals surface area contributed by atoms with Crippen LogP contribution in [0.15, 0.2) is 30.3 Å². The normalized spacial score (nSPS) is 11.5. The second kappa shape index (κ2) is 4.17. The molecule has 2 aromatic rings. The molecule has 0 aliphatic heterocycles. The molecule has 0 bridgehead atoms. The van der Waals surface area contributed by atoms with Crippen molar-refractivity contribution in [2.75, 3.05) is 11.5 Å². The number of hydrogen-bond donors (Lipinski definition) is 2. The molecule has 0 fully saturated rings. The van der Waals surface area contributed by atoms with Gasteiger partial charge in [0.25, 0.3) is 0 Å². The number of anilines is 2. The molecule has 0 amide bonds. The lowest BCUT2D eigenvalue weighted by Gasteiger charge is -2.08. The third kappa shape index (κ3) is 2.34. The molecule has 1 aromatic heterocycles. The van der Waals surface area contributed by atoms with Gasteiger partial charge < -0.3 is 11.5 Å². The number of alkyl halides is 3. The van der Waals surface area contributed by atoms with Gasteiger partial charge in [-0.05, 0) is 18.2 Å². The lowest BCUT2D eigenvalue weighted by molar-refractivity contribution is -0.137. The first-order valence-electron chi connectivity index (χ1n) is 4.94. The van der Waals surface area contributed by atoms with Crippen LogP contribution in [0.3, 0.4) is 0 Å². The number of nitrogens with two attached hydrogens (primary N) is 2. The van der Waals surface area contributed by atoms with Crippen LogP contribution >= 0.6 is 0 Å². The van der Waals surface area contributed by atoms with Crippen molar-refractivity contribution in [2.45, 2.75) is 6.18 Å². The highest BCUT2D eigenvalue weighted by atomic mass is 19.4. The van der Waals surface area contributed by atoms with Gasteiger partial charge in [0.15, 0.2) is 5.82 Å². The average molecular weight is 254 g/mol. The maximum Gasteiger partial charge on any atom is 0.416 e. The summed E-state index contributed by atoms with van der Waals surface area (Å²) >= 11 is 0. The standard InChI is InChI=1S/C11H9F3N4/c12-11(13,14)7-3-1-2-6(4-7)9-5-8(15)10(16)18-17-9/h1-5H,(H2,15,17)(H2,16,18). The molecule has 0 saturated heterocycles. The molecular formula is C11H9F3N4. The summed E-state index contributed by atoms with van der Waals surface area (Å²) in [6.07, 6.45) is -4.40. The van der Waals surface area contributed by atoms with Crippen LogP contribution in [0.1, 0.15) is 5.56 Å². The molecule has 0 aliphatic carbocycles. The molecule has 18 heavy (non-hydrogen) atoms. The van der Waals surface area contributed by atoms with E-state index >= 15 is 0 Å². The van der Waals surface area contributed by atoms with Gasteiger partial charge in [-0.3, -0.25) is 0 Å². The van der Waals surface area contributed by atoms with E-state index < -0.39 is 11.7 Å². The molecule has 1 aromatic carbocycles. The average Bonchev–Trinajstić information content (AvgIpc) is 2.32. The SMILES string of the molecule is Nc1cc(-c2cccc(C(F)(F)F)c2)nnc1N. The Bertz CT molecular complexity index is 581. The molecule has 0 aliphatic rings. The molecule has 0 spiro atoms. The number of aromatic nitrogens is 2. The summed E-state index contributed by atoms with van der Waals surface area (Å²) in [7, 11) is 0. The van der Waals surface area contributed by atoms with Crippen LogP contribution in [-0.2, 0) is 6.18 Å². The van der Waals surface area contributed by atoms with Crippen LogP contribution in [0.5, 0.6) is 0 Å². The predicted molar refractivity (Wildman–Crippen MR) is 61.3 cm³/mol. The summed E-state index contributed by atoms with van der Waals surface area (Å²) in [6, 6.07) is 6.15. The zero-order valence-electron chi connectivity index (χ0n) is 9.07. The van der Waals surface area contributed by atoms with Gasteiger partial charge in [0, 0.05) is 5.56 Å². The minimum atomic E-state index is -4.40. The Morgan fingerprint density at radius 2 is 1.72 bits per heavy atom. The van der Waals surface area contributed by atoms with Crippen molar-refractivity contribution in [2.24, 2.45) is 0 Å². The number of benzene rings is 1. The van der Waals surface area contributed by atoms with E-state index in [1.54, 1.807) is 0 Å². The van der Waals surface area contributed by atoms with Crippen LogP contribution in [0.2, 0.25) is 0 Å². The maximum absolute atomic E-state index is 12.5. The lowest BCUT2D eigenvalue weighted by Crippen LogP contribution is -2.05. The van der Waals surface area contributed by atoms with Gasteiger partial charge in [0.1, 0.15) is 0 Å². The van der Waals surface area contributed by atoms with Crippen molar-refractivity contribution < 1.29 is 13.2 Å². The van der Waals surface area contributed by atoms with E-state index in [0.29, 0.717) is 0 Å². The first-order valence-corrected chi connectivity index (χ1v) is 4.94. The Kier molecular flexibility index (Phi) is 2.82. The van der Waals surface area contributed by atoms with Crippen LogP contribution in [0.4, 0.5) is 24.7 Å². The summed E-state index contributed by atoms with van der Waals surface area (Å²) in [5.41, 5.74) is 10.9. The Labute approximate surface area is 100 Å². The fourth-order valence-electron chi connectivity index (χ4n) is 1.41. The third-order valence-electron chi connectivity index (χ3n) is 2.34. The Balaban J connectivity index is 2.48. The van der Waals surface area contributed by atoms with Gasteiger partial charge in [-0.15, -0.1) is 10.2 Å². The van der Waals surface area contributed by atoms with Crippen LogP contribution in [0, 0.1) is 0 Å². The highest BCUT2D eigenvalue weighted by Crippen LogP contribution is 2.32. The molecule has 0 radical (unpaired) electrons. The van der Waals surface area contributed by atoms with Gasteiger partial charge in [0.05, 0.1) is 16.9 Å². The summed E-state index contributed by atoms with van der Waals surface area (Å²) in [6.45, 7) is 0. The van der Waals surface area contributed by atoms with Gasteiger partial charge >= 0.3 is 6.18 Å². The van der Waals surface area contributed by atoms with Crippen molar-refractivity contribution in [3.05, 3.63) is 35.9 Å². The maximum atomic E-state index is 12.5. The molecule has 4 nitrogen and oxygen atoms in total. The number of nitrogens with zero attached hydrogens (tertiary/aromatic N) is 2. The van der Waals surface area contributed by atoms with Gasteiger partial charge in [0.2, 0.25) is 0 Å². The van der Waals surface area contributed by atoms with Gasteiger partial charge in [-0.2, -0.15) is 13.2 Å². The van der Waals surface area contributed by atoms with E-state index in [1.165, 1.54) is 18.2 Å². The largest absolute Gasteiger partial charge is 0.416 e. The monoisotopic (exact) mass is 254 g/mol. The summed E-state index contributed by atoms with van der Waals surface area (Å²) in [5, 5.41) is 7.28. The lowest BCUT2D eigenvalue weighted by atomic mass is 10.1. The second-order valence-corrected chi connectivity index (χ2v) is 3.65. The highest BCUT2D eigenvalue weighted by molar-refractivity contribution is 5.68. The minimum absolute atomic E-state index is 0.0470. The van der Waals surface area contributed by atoms with Crippen molar-refractivity contribution in [1.29, 1.82) is 0 Å². The zero-order valence-corrected chi connectivity index (χ0v) is 9.07. The van der Waals surface area contributed by atoms with Gasteiger partial charge in [-0.25, -0.2) is 0 Å². The Morgan fingerprint density at radius 3 is 2.33 bits per heavy atom. The summed E-state index contributed by atoms with van der Waals surface area (Å²) in [4.78, 5) is 0. The minimum Gasteiger partial charge on any atom is -0.396 e. The predicted octanol–water partition coefficient (Wildman–Crippen LogP) is 2.33. The van der Waals surface area contributed by atoms with Crippen molar-refractivity contribution in [1.82, 2.24) is 10.2 Å². The molecule has 7 heteroatoms. The van der Waals surface area contributed by atoms with E-state index in [4.69, 9.17) is 11.5 Å². The molecule has 0 saturated carbocycles. The molecular weight excluding hydrogens is 245 g/mol. The van der Waals surface area contributed by atoms with Gasteiger partial charge in [-0.1, -0.05) is 12.1 Å². The molecule has 0 atom stereocenters. The fraction of sp³-hybridized carbons (Fsp3) is 0.0909. The smallest absolute Gasteiger partial charge is 0.396 e. The number of rotatable bonds is 1. The number of halogens is 3. The van der Waals surface area contributed by atoms with E-state index in [9.17, 15) is 13.2 Å². The van der Waals surface area contributed by atoms with E-state index in [2.05, 4.69) is 10.2 Å². The molecule has 1 heterocycles. The van der Waals surface area contributed by atoms with E-state index in [-0.39, 0.29) is 22.8 Å². The first-order chi connectivity index (χ1) is 8.38. The van der Waals surface area contributed by atoms with Crippen LogP contribution in [0.25, 0.3) is 11.3 Å². The topological polar surface area (TPSA) is 77.8 Å². The second-order valence-electron chi connectivity index (χ2n) is 3.65. The highest BCUT2D eigenvalue weighted by Gasteiger charge is 2.30. The third-order valence-corrected chi connectivity index (χ3v) is 2.34. The van der Waals surface area contributed by atoms with E-state index in [0.717, 1.165) is 12.1 Å². The Morgan fingerprint density at radius 1 is 1.00 bits per heavy atom.